The van der Waals surface area contributed by atoms with Gasteiger partial charge in [-0.1, -0.05) is 59.6 Å². The molecular formula is C24H20Cl2O4. The lowest BCUT2D eigenvalue weighted by Crippen LogP contribution is -2.38. The highest BCUT2D eigenvalue weighted by atomic mass is 35.5. The second kappa shape index (κ2) is 8.48. The van der Waals surface area contributed by atoms with Crippen LogP contribution in [0.4, 0.5) is 0 Å². The van der Waals surface area contributed by atoms with Crippen LogP contribution in [0.2, 0.25) is 10.0 Å². The van der Waals surface area contributed by atoms with Gasteiger partial charge in [-0.25, -0.2) is 0 Å². The summed E-state index contributed by atoms with van der Waals surface area (Å²) in [6.07, 6.45) is 0.105. The van der Waals surface area contributed by atoms with Crippen LogP contribution in [0.15, 0.2) is 60.7 Å². The number of hydrogen-bond donors (Lipinski definition) is 0. The number of hydrogen-bond acceptors (Lipinski definition) is 4. The molecule has 2 fully saturated rings. The van der Waals surface area contributed by atoms with Crippen molar-refractivity contribution in [1.29, 1.82) is 0 Å². The van der Waals surface area contributed by atoms with Crippen LogP contribution in [0.5, 0.6) is 11.5 Å². The Labute approximate surface area is 185 Å². The Morgan fingerprint density at radius 2 is 1.33 bits per heavy atom. The van der Waals surface area contributed by atoms with Crippen molar-refractivity contribution in [2.75, 3.05) is 26.4 Å². The molecule has 2 aliphatic heterocycles. The third kappa shape index (κ3) is 3.88. The second-order valence-electron chi connectivity index (χ2n) is 7.37. The first-order chi connectivity index (χ1) is 14.7. The first-order valence-electron chi connectivity index (χ1n) is 9.85. The monoisotopic (exact) mass is 442 g/mol. The van der Waals surface area contributed by atoms with E-state index in [-0.39, 0.29) is 12.2 Å². The van der Waals surface area contributed by atoms with E-state index in [2.05, 4.69) is 0 Å². The average Bonchev–Trinajstić information content (AvgIpc) is 2.69. The minimum absolute atomic E-state index is 0.0401. The molecule has 2 aliphatic rings. The van der Waals surface area contributed by atoms with Crippen LogP contribution in [0, 0.1) is 0 Å². The molecule has 2 saturated heterocycles. The van der Waals surface area contributed by atoms with Crippen LogP contribution in [-0.4, -0.2) is 38.6 Å². The van der Waals surface area contributed by atoms with Gasteiger partial charge in [-0.3, -0.25) is 0 Å². The molecule has 0 aliphatic carbocycles. The highest BCUT2D eigenvalue weighted by molar-refractivity contribution is 6.36. The largest absolute Gasteiger partial charge is 0.484 e. The highest BCUT2D eigenvalue weighted by Crippen LogP contribution is 2.44. The Balaban J connectivity index is 1.55. The summed E-state index contributed by atoms with van der Waals surface area (Å²) in [4.78, 5) is 0. The van der Waals surface area contributed by atoms with Crippen molar-refractivity contribution in [2.45, 2.75) is 12.2 Å². The molecule has 0 atom stereocenters. The number of rotatable bonds is 6. The van der Waals surface area contributed by atoms with Crippen LogP contribution >= 0.6 is 23.2 Å². The molecule has 154 valence electrons. The zero-order chi connectivity index (χ0) is 20.5. The van der Waals surface area contributed by atoms with Crippen molar-refractivity contribution in [1.82, 2.24) is 0 Å². The molecule has 4 nitrogen and oxygen atoms in total. The molecule has 2 heterocycles. The Bertz CT molecular complexity index is 1050. The smallest absolute Gasteiger partial charge is 0.145 e. The lowest BCUT2D eigenvalue weighted by atomic mass is 9.94. The van der Waals surface area contributed by atoms with Gasteiger partial charge in [-0.15, -0.1) is 0 Å². The lowest BCUT2D eigenvalue weighted by molar-refractivity contribution is -0.0796. The van der Waals surface area contributed by atoms with E-state index < -0.39 is 0 Å². The van der Waals surface area contributed by atoms with Gasteiger partial charge in [0.2, 0.25) is 0 Å². The van der Waals surface area contributed by atoms with Gasteiger partial charge < -0.3 is 18.9 Å². The highest BCUT2D eigenvalue weighted by Gasteiger charge is 2.24. The number of halogens is 2. The summed E-state index contributed by atoms with van der Waals surface area (Å²) < 4.78 is 22.3. The molecule has 0 aromatic heterocycles. The van der Waals surface area contributed by atoms with Gasteiger partial charge in [0.25, 0.3) is 0 Å². The van der Waals surface area contributed by atoms with E-state index in [0.717, 1.165) is 22.3 Å². The van der Waals surface area contributed by atoms with Crippen LogP contribution < -0.4 is 9.47 Å². The van der Waals surface area contributed by atoms with Crippen molar-refractivity contribution in [2.24, 2.45) is 0 Å². The van der Waals surface area contributed by atoms with Gasteiger partial charge >= 0.3 is 0 Å². The fraction of sp³-hybridized carbons (Fsp3) is 0.250. The molecule has 3 aromatic rings. The Kier molecular flexibility index (Phi) is 5.57. The van der Waals surface area contributed by atoms with Gasteiger partial charge in [0.1, 0.15) is 23.7 Å². The summed E-state index contributed by atoms with van der Waals surface area (Å²) in [7, 11) is 0. The first-order valence-corrected chi connectivity index (χ1v) is 10.6. The van der Waals surface area contributed by atoms with E-state index in [0.29, 0.717) is 48.0 Å². The van der Waals surface area contributed by atoms with Crippen molar-refractivity contribution in [3.8, 4) is 33.8 Å². The van der Waals surface area contributed by atoms with Crippen molar-refractivity contribution in [3.63, 3.8) is 0 Å². The molecule has 0 saturated carbocycles. The standard InChI is InChI=1S/C24H20Cl2O4/c25-20-10-16(6-8-21(20)29-17-11-27-12-17)19-7-9-22(30-18-13-28-14-18)24(26)23(19)15-4-2-1-3-5-15/h1-10,17-18H,11-14H2. The number of benzene rings is 3. The summed E-state index contributed by atoms with van der Waals surface area (Å²) in [6, 6.07) is 19.8. The second-order valence-corrected chi connectivity index (χ2v) is 8.15. The molecule has 5 rings (SSSR count). The van der Waals surface area contributed by atoms with Crippen LogP contribution in [0.1, 0.15) is 0 Å². The maximum Gasteiger partial charge on any atom is 0.145 e. The fourth-order valence-electron chi connectivity index (χ4n) is 3.46. The van der Waals surface area contributed by atoms with Gasteiger partial charge in [-0.2, -0.15) is 0 Å². The van der Waals surface area contributed by atoms with Crippen LogP contribution in [-0.2, 0) is 9.47 Å². The van der Waals surface area contributed by atoms with E-state index in [1.165, 1.54) is 0 Å². The molecule has 30 heavy (non-hydrogen) atoms. The van der Waals surface area contributed by atoms with Gasteiger partial charge in [0.05, 0.1) is 36.5 Å². The maximum absolute atomic E-state index is 6.85. The van der Waals surface area contributed by atoms with Crippen molar-refractivity contribution < 1.29 is 18.9 Å². The van der Waals surface area contributed by atoms with E-state index in [1.54, 1.807) is 0 Å². The van der Waals surface area contributed by atoms with E-state index in [1.807, 2.05) is 60.7 Å². The number of ether oxygens (including phenoxy) is 4. The summed E-state index contributed by atoms with van der Waals surface area (Å²) >= 11 is 13.4. The molecule has 3 aromatic carbocycles. The topological polar surface area (TPSA) is 36.9 Å². The minimum Gasteiger partial charge on any atom is -0.484 e. The van der Waals surface area contributed by atoms with E-state index in [9.17, 15) is 0 Å². The maximum atomic E-state index is 6.85. The molecule has 0 N–H and O–H groups in total. The summed E-state index contributed by atoms with van der Waals surface area (Å²) in [6.45, 7) is 2.36. The van der Waals surface area contributed by atoms with Gasteiger partial charge in [0, 0.05) is 5.56 Å². The average molecular weight is 443 g/mol. The molecule has 0 radical (unpaired) electrons. The fourth-order valence-corrected chi connectivity index (χ4v) is 4.01. The predicted molar refractivity (Wildman–Crippen MR) is 118 cm³/mol. The van der Waals surface area contributed by atoms with Crippen molar-refractivity contribution >= 4 is 23.2 Å². The minimum atomic E-state index is 0.0401. The first kappa shape index (κ1) is 19.7. The zero-order valence-corrected chi connectivity index (χ0v) is 17.7. The molecular weight excluding hydrogens is 423 g/mol. The van der Waals surface area contributed by atoms with Gasteiger partial charge in [0.15, 0.2) is 0 Å². The molecule has 0 amide bonds. The third-order valence-electron chi connectivity index (χ3n) is 5.21. The molecule has 0 bridgehead atoms. The van der Waals surface area contributed by atoms with Crippen LogP contribution in [0.3, 0.4) is 0 Å². The summed E-state index contributed by atoms with van der Waals surface area (Å²) in [5.41, 5.74) is 3.85. The zero-order valence-electron chi connectivity index (χ0n) is 16.1. The summed E-state index contributed by atoms with van der Waals surface area (Å²) in [5, 5.41) is 1.13. The predicted octanol–water partition coefficient (Wildman–Crippen LogP) is 5.88. The summed E-state index contributed by atoms with van der Waals surface area (Å²) in [5.74, 6) is 1.31. The SMILES string of the molecule is Clc1cc(-c2ccc(OC3COC3)c(Cl)c2-c2ccccc2)ccc1OC1COC1. The third-order valence-corrected chi connectivity index (χ3v) is 5.88. The lowest BCUT2D eigenvalue weighted by Gasteiger charge is -2.28. The van der Waals surface area contributed by atoms with E-state index in [4.69, 9.17) is 42.1 Å². The van der Waals surface area contributed by atoms with E-state index >= 15 is 0 Å². The van der Waals surface area contributed by atoms with Crippen LogP contribution in [0.25, 0.3) is 22.3 Å². The quantitative estimate of drug-likeness (QED) is 0.477. The Hall–Kier alpha value is -2.24. The molecule has 6 heteroatoms. The van der Waals surface area contributed by atoms with Gasteiger partial charge in [-0.05, 0) is 41.0 Å². The Morgan fingerprint density at radius 3 is 1.93 bits per heavy atom. The molecule has 0 unspecified atom stereocenters. The van der Waals surface area contributed by atoms with Crippen molar-refractivity contribution in [3.05, 3.63) is 70.7 Å². The normalized spacial score (nSPS) is 16.6. The molecule has 0 spiro atoms. The Morgan fingerprint density at radius 1 is 0.700 bits per heavy atom.